The second-order valence-electron chi connectivity index (χ2n) is 8.36. The van der Waals surface area contributed by atoms with Gasteiger partial charge in [0.1, 0.15) is 11.6 Å². The molecule has 2 aliphatic rings. The average Bonchev–Trinajstić information content (AvgIpc) is 2.72. The fraction of sp³-hybridized carbons (Fsp3) is 0.417. The number of hydrogen-bond acceptors (Lipinski definition) is 4. The van der Waals surface area contributed by atoms with Gasteiger partial charge in [0.2, 0.25) is 0 Å². The van der Waals surface area contributed by atoms with Crippen LogP contribution < -0.4 is 4.90 Å². The Balaban J connectivity index is 1.69. The van der Waals surface area contributed by atoms with Crippen molar-refractivity contribution >= 4 is 16.7 Å². The lowest BCUT2D eigenvalue weighted by Crippen LogP contribution is -2.47. The minimum Gasteiger partial charge on any atom is -0.507 e. The van der Waals surface area contributed by atoms with Crippen molar-refractivity contribution in [1.29, 1.82) is 0 Å². The highest BCUT2D eigenvalue weighted by molar-refractivity contribution is 5.92. The van der Waals surface area contributed by atoms with Gasteiger partial charge in [-0.3, -0.25) is 0 Å². The Morgan fingerprint density at radius 1 is 0.964 bits per heavy atom. The number of nitrogens with zero attached hydrogens (tertiary/aromatic N) is 3. The molecular formula is C24H27N3O. The lowest BCUT2D eigenvalue weighted by atomic mass is 9.78. The number of aryl methyl sites for hydroxylation is 1. The van der Waals surface area contributed by atoms with Crippen molar-refractivity contribution in [2.24, 2.45) is 5.92 Å². The summed E-state index contributed by atoms with van der Waals surface area (Å²) in [6.45, 7) is 3.15. The molecule has 5 rings (SSSR count). The number of phenolic OH excluding ortho intramolecular Hbond substituents is 1. The lowest BCUT2D eigenvalue weighted by molar-refractivity contribution is 0.243. The van der Waals surface area contributed by atoms with E-state index in [4.69, 9.17) is 9.97 Å². The zero-order valence-corrected chi connectivity index (χ0v) is 16.4. The zero-order chi connectivity index (χ0) is 19.1. The quantitative estimate of drug-likeness (QED) is 0.647. The maximum absolute atomic E-state index is 10.4. The fourth-order valence-corrected chi connectivity index (χ4v) is 5.11. The summed E-state index contributed by atoms with van der Waals surface area (Å²) < 4.78 is 0. The number of anilines is 1. The Kier molecular flexibility index (Phi) is 4.42. The van der Waals surface area contributed by atoms with Gasteiger partial charge in [-0.25, -0.2) is 9.97 Å². The van der Waals surface area contributed by atoms with Gasteiger partial charge in [0.15, 0.2) is 5.82 Å². The van der Waals surface area contributed by atoms with Crippen molar-refractivity contribution < 1.29 is 5.11 Å². The number of piperidine rings is 1. The molecule has 2 aromatic carbocycles. The molecule has 2 fully saturated rings. The van der Waals surface area contributed by atoms with Crippen molar-refractivity contribution in [1.82, 2.24) is 9.97 Å². The van der Waals surface area contributed by atoms with E-state index < -0.39 is 0 Å². The molecule has 28 heavy (non-hydrogen) atoms. The van der Waals surface area contributed by atoms with Gasteiger partial charge in [0, 0.05) is 18.0 Å². The van der Waals surface area contributed by atoms with Crippen LogP contribution in [0.25, 0.3) is 22.3 Å². The van der Waals surface area contributed by atoms with Crippen molar-refractivity contribution in [3.05, 3.63) is 48.0 Å². The minimum atomic E-state index is 0.231. The SMILES string of the molecule is Cc1ccc2c(N3CCCC4CCCCC43)nc(-c3ccccc3O)nc2c1. The van der Waals surface area contributed by atoms with Gasteiger partial charge in [-0.05, 0) is 68.4 Å². The van der Waals surface area contributed by atoms with E-state index in [1.165, 1.54) is 44.1 Å². The van der Waals surface area contributed by atoms with Crippen LogP contribution in [0.1, 0.15) is 44.1 Å². The molecule has 2 atom stereocenters. The number of fused-ring (bicyclic) bond motifs is 2. The smallest absolute Gasteiger partial charge is 0.165 e. The number of benzene rings is 2. The molecule has 1 aromatic heterocycles. The largest absolute Gasteiger partial charge is 0.507 e. The molecule has 0 amide bonds. The first-order chi connectivity index (χ1) is 13.7. The molecule has 1 saturated heterocycles. The van der Waals surface area contributed by atoms with Crippen LogP contribution in [0.2, 0.25) is 0 Å². The summed E-state index contributed by atoms with van der Waals surface area (Å²) in [6.07, 6.45) is 7.84. The summed E-state index contributed by atoms with van der Waals surface area (Å²) in [6, 6.07) is 14.4. The molecule has 0 spiro atoms. The number of para-hydroxylation sites is 1. The van der Waals surface area contributed by atoms with Gasteiger partial charge in [0.25, 0.3) is 0 Å². The highest BCUT2D eigenvalue weighted by Gasteiger charge is 2.34. The van der Waals surface area contributed by atoms with Crippen LogP contribution in [0.3, 0.4) is 0 Å². The lowest BCUT2D eigenvalue weighted by Gasteiger charge is -2.45. The molecule has 144 valence electrons. The molecule has 1 aliphatic carbocycles. The predicted molar refractivity (Wildman–Crippen MR) is 114 cm³/mol. The van der Waals surface area contributed by atoms with Crippen LogP contribution in [0.4, 0.5) is 5.82 Å². The van der Waals surface area contributed by atoms with E-state index in [-0.39, 0.29) is 5.75 Å². The van der Waals surface area contributed by atoms with Crippen LogP contribution in [-0.2, 0) is 0 Å². The third-order valence-corrected chi connectivity index (χ3v) is 6.49. The van der Waals surface area contributed by atoms with E-state index in [0.717, 1.165) is 29.2 Å². The number of hydrogen-bond donors (Lipinski definition) is 1. The number of aromatic hydroxyl groups is 1. The third-order valence-electron chi connectivity index (χ3n) is 6.49. The van der Waals surface area contributed by atoms with Gasteiger partial charge in [0.05, 0.1) is 11.1 Å². The van der Waals surface area contributed by atoms with E-state index in [9.17, 15) is 5.11 Å². The van der Waals surface area contributed by atoms with E-state index in [1.807, 2.05) is 18.2 Å². The van der Waals surface area contributed by atoms with Crippen molar-refractivity contribution in [3.8, 4) is 17.1 Å². The molecule has 0 radical (unpaired) electrons. The van der Waals surface area contributed by atoms with Crippen molar-refractivity contribution in [2.45, 2.75) is 51.5 Å². The Morgan fingerprint density at radius 3 is 2.68 bits per heavy atom. The average molecular weight is 374 g/mol. The van der Waals surface area contributed by atoms with Gasteiger partial charge in [-0.15, -0.1) is 0 Å². The van der Waals surface area contributed by atoms with Crippen molar-refractivity contribution in [2.75, 3.05) is 11.4 Å². The highest BCUT2D eigenvalue weighted by Crippen LogP contribution is 2.40. The van der Waals surface area contributed by atoms with Gasteiger partial charge < -0.3 is 10.0 Å². The molecule has 1 aliphatic heterocycles. The Bertz CT molecular complexity index is 1010. The molecule has 0 bridgehead atoms. The Labute approximate surface area is 166 Å². The number of aromatic nitrogens is 2. The Hall–Kier alpha value is -2.62. The van der Waals surface area contributed by atoms with Gasteiger partial charge >= 0.3 is 0 Å². The first-order valence-electron chi connectivity index (χ1n) is 10.5. The maximum Gasteiger partial charge on any atom is 0.165 e. The van der Waals surface area contributed by atoms with E-state index in [1.54, 1.807) is 6.07 Å². The normalized spacial score (nSPS) is 22.2. The third kappa shape index (κ3) is 3.01. The highest BCUT2D eigenvalue weighted by atomic mass is 16.3. The maximum atomic E-state index is 10.4. The molecular weight excluding hydrogens is 346 g/mol. The predicted octanol–water partition coefficient (Wildman–Crippen LogP) is 5.47. The molecule has 3 aromatic rings. The first kappa shape index (κ1) is 17.5. The summed E-state index contributed by atoms with van der Waals surface area (Å²) in [4.78, 5) is 12.4. The standard InChI is InChI=1S/C24H27N3O/c1-16-12-13-18-20(15-16)25-23(19-9-3-5-11-22(19)28)26-24(18)27-14-6-8-17-7-2-4-10-21(17)27/h3,5,9,11-13,15,17,21,28H,2,4,6-8,10,14H2,1H3. The summed E-state index contributed by atoms with van der Waals surface area (Å²) in [5, 5.41) is 11.5. The fourth-order valence-electron chi connectivity index (χ4n) is 5.11. The van der Waals surface area contributed by atoms with Gasteiger partial charge in [-0.1, -0.05) is 31.0 Å². The van der Waals surface area contributed by atoms with Crippen LogP contribution in [0, 0.1) is 12.8 Å². The van der Waals surface area contributed by atoms with E-state index in [2.05, 4.69) is 30.0 Å². The zero-order valence-electron chi connectivity index (χ0n) is 16.4. The van der Waals surface area contributed by atoms with E-state index in [0.29, 0.717) is 17.4 Å². The summed E-state index contributed by atoms with van der Waals surface area (Å²) in [5.41, 5.74) is 2.85. The monoisotopic (exact) mass is 373 g/mol. The second-order valence-corrected chi connectivity index (χ2v) is 8.36. The summed E-state index contributed by atoms with van der Waals surface area (Å²) in [7, 11) is 0. The second kappa shape index (κ2) is 7.08. The van der Waals surface area contributed by atoms with Crippen LogP contribution in [0.15, 0.2) is 42.5 Å². The number of rotatable bonds is 2. The molecule has 4 nitrogen and oxygen atoms in total. The van der Waals surface area contributed by atoms with Crippen molar-refractivity contribution in [3.63, 3.8) is 0 Å². The summed E-state index contributed by atoms with van der Waals surface area (Å²) >= 11 is 0. The first-order valence-corrected chi connectivity index (χ1v) is 10.5. The van der Waals surface area contributed by atoms with Crippen LogP contribution >= 0.6 is 0 Å². The van der Waals surface area contributed by atoms with Crippen LogP contribution in [0.5, 0.6) is 5.75 Å². The minimum absolute atomic E-state index is 0.231. The molecule has 4 heteroatoms. The molecule has 2 unspecified atom stereocenters. The summed E-state index contributed by atoms with van der Waals surface area (Å²) in [5.74, 6) is 2.67. The number of phenols is 1. The van der Waals surface area contributed by atoms with Crippen LogP contribution in [-0.4, -0.2) is 27.7 Å². The molecule has 2 heterocycles. The Morgan fingerprint density at radius 2 is 1.79 bits per heavy atom. The molecule has 1 N–H and O–H groups in total. The van der Waals surface area contributed by atoms with Gasteiger partial charge in [-0.2, -0.15) is 0 Å². The van der Waals surface area contributed by atoms with E-state index >= 15 is 0 Å². The molecule has 1 saturated carbocycles. The topological polar surface area (TPSA) is 49.2 Å².